The van der Waals surface area contributed by atoms with Gasteiger partial charge in [-0.25, -0.2) is 9.78 Å². The van der Waals surface area contributed by atoms with E-state index in [1.807, 2.05) is 24.3 Å². The Kier molecular flexibility index (Phi) is 2.93. The smallest absolute Gasteiger partial charge is 0.322 e. The number of fused-ring (bicyclic) bond motifs is 1. The fourth-order valence-corrected chi connectivity index (χ4v) is 5.06. The number of hydrogen-bond donors (Lipinski definition) is 1. The Morgan fingerprint density at radius 2 is 2.19 bits per heavy atom. The lowest BCUT2D eigenvalue weighted by molar-refractivity contribution is -0.130. The van der Waals surface area contributed by atoms with Crippen molar-refractivity contribution < 1.29 is 9.59 Å². The van der Waals surface area contributed by atoms with Gasteiger partial charge in [-0.05, 0) is 24.3 Å². The van der Waals surface area contributed by atoms with Gasteiger partial charge in [-0.2, -0.15) is 11.8 Å². The fourth-order valence-electron chi connectivity index (χ4n) is 2.77. The Hall–Kier alpha value is -1.60. The molecule has 2 fully saturated rings. The van der Waals surface area contributed by atoms with E-state index in [0.29, 0.717) is 5.75 Å². The zero-order chi connectivity index (χ0) is 14.4. The molecule has 1 N–H and O–H groups in total. The Bertz CT molecular complexity index is 704. The molecule has 2 saturated heterocycles. The van der Waals surface area contributed by atoms with Crippen LogP contribution in [0.3, 0.4) is 0 Å². The predicted molar refractivity (Wildman–Crippen MR) is 83.4 cm³/mol. The average molecular weight is 319 g/mol. The largest absolute Gasteiger partial charge is 0.325 e. The summed E-state index contributed by atoms with van der Waals surface area (Å²) in [6, 6.07) is 7.54. The van der Waals surface area contributed by atoms with Crippen molar-refractivity contribution >= 4 is 45.3 Å². The zero-order valence-corrected chi connectivity index (χ0v) is 12.8. The molecule has 0 saturated carbocycles. The minimum atomic E-state index is -0.668. The van der Waals surface area contributed by atoms with Crippen LogP contribution < -0.4 is 5.32 Å². The van der Waals surface area contributed by atoms with Gasteiger partial charge in [-0.15, -0.1) is 11.3 Å². The third kappa shape index (κ3) is 2.03. The van der Waals surface area contributed by atoms with Gasteiger partial charge in [0.05, 0.1) is 16.8 Å². The number of nitrogens with one attached hydrogen (secondary N) is 1. The van der Waals surface area contributed by atoms with Crippen LogP contribution in [-0.2, 0) is 11.3 Å². The molecule has 2 aliphatic rings. The molecule has 0 unspecified atom stereocenters. The molecule has 7 heteroatoms. The third-order valence-electron chi connectivity index (χ3n) is 3.90. The molecule has 0 radical (unpaired) electrons. The summed E-state index contributed by atoms with van der Waals surface area (Å²) in [5.41, 5.74) is 0.244. The minimum Gasteiger partial charge on any atom is -0.322 e. The molecule has 21 heavy (non-hydrogen) atoms. The molecular weight excluding hydrogens is 306 g/mol. The van der Waals surface area contributed by atoms with E-state index in [1.54, 1.807) is 11.8 Å². The highest BCUT2D eigenvalue weighted by Gasteiger charge is 2.52. The Morgan fingerprint density at radius 3 is 2.95 bits per heavy atom. The summed E-state index contributed by atoms with van der Waals surface area (Å²) in [5, 5.41) is 3.67. The molecule has 5 nitrogen and oxygen atoms in total. The third-order valence-corrected chi connectivity index (χ3v) is 6.11. The second-order valence-corrected chi connectivity index (χ2v) is 7.50. The molecule has 1 atom stereocenters. The van der Waals surface area contributed by atoms with E-state index in [1.165, 1.54) is 16.2 Å². The summed E-state index contributed by atoms with van der Waals surface area (Å²) in [6.45, 7) is 0.260. The maximum Gasteiger partial charge on any atom is 0.325 e. The summed E-state index contributed by atoms with van der Waals surface area (Å²) < 4.78 is 1.07. The number of thiazole rings is 1. The Balaban J connectivity index is 1.61. The number of imide groups is 1. The highest BCUT2D eigenvalue weighted by molar-refractivity contribution is 7.99. The van der Waals surface area contributed by atoms with Crippen LogP contribution >= 0.6 is 23.1 Å². The molecule has 2 aliphatic heterocycles. The van der Waals surface area contributed by atoms with Crippen molar-refractivity contribution in [2.45, 2.75) is 18.5 Å². The van der Waals surface area contributed by atoms with Crippen molar-refractivity contribution in [3.8, 4) is 0 Å². The van der Waals surface area contributed by atoms with Crippen molar-refractivity contribution in [1.29, 1.82) is 0 Å². The number of carbonyl (C=O) groups excluding carboxylic acids is 2. The van der Waals surface area contributed by atoms with E-state index in [-0.39, 0.29) is 18.5 Å². The van der Waals surface area contributed by atoms with Crippen LogP contribution in [0.2, 0.25) is 0 Å². The van der Waals surface area contributed by atoms with Gasteiger partial charge >= 0.3 is 6.03 Å². The number of thioether (sulfide) groups is 1. The van der Waals surface area contributed by atoms with Gasteiger partial charge in [0.1, 0.15) is 10.5 Å². The summed E-state index contributed by atoms with van der Waals surface area (Å²) in [7, 11) is 0. The number of nitrogens with zero attached hydrogens (tertiary/aromatic N) is 2. The van der Waals surface area contributed by atoms with E-state index >= 15 is 0 Å². The molecule has 1 spiro atoms. The number of hydrogen-bond acceptors (Lipinski definition) is 5. The number of rotatable bonds is 2. The Labute approximate surface area is 129 Å². The standard InChI is InChI=1S/C14H13N3O2S2/c18-12-14(5-6-20-8-14)16-13(19)17(12)7-11-15-9-3-1-2-4-10(9)21-11/h1-4H,5-8H2,(H,16,19)/t14-/m1/s1. The van der Waals surface area contributed by atoms with Gasteiger partial charge in [0.25, 0.3) is 5.91 Å². The quantitative estimate of drug-likeness (QED) is 0.862. The summed E-state index contributed by atoms with van der Waals surface area (Å²) in [5.74, 6) is 1.49. The highest BCUT2D eigenvalue weighted by Crippen LogP contribution is 2.34. The maximum atomic E-state index is 12.6. The van der Waals surface area contributed by atoms with Crippen LogP contribution in [0.4, 0.5) is 4.79 Å². The topological polar surface area (TPSA) is 62.3 Å². The van der Waals surface area contributed by atoms with Crippen LogP contribution in [0.15, 0.2) is 24.3 Å². The second-order valence-electron chi connectivity index (χ2n) is 5.28. The minimum absolute atomic E-state index is 0.100. The van der Waals surface area contributed by atoms with Crippen molar-refractivity contribution in [3.63, 3.8) is 0 Å². The maximum absolute atomic E-state index is 12.6. The molecule has 0 aliphatic carbocycles. The molecular formula is C14H13N3O2S2. The normalized spacial score (nSPS) is 25.2. The molecule has 2 aromatic rings. The lowest BCUT2D eigenvalue weighted by Crippen LogP contribution is -2.46. The van der Waals surface area contributed by atoms with E-state index in [4.69, 9.17) is 0 Å². The second kappa shape index (κ2) is 4.71. The van der Waals surface area contributed by atoms with Crippen molar-refractivity contribution in [2.24, 2.45) is 0 Å². The predicted octanol–water partition coefficient (Wildman–Crippen LogP) is 2.22. The SMILES string of the molecule is O=C1N[C@@]2(CCSC2)C(=O)N1Cc1nc2ccccc2s1. The van der Waals surface area contributed by atoms with Gasteiger partial charge in [-0.1, -0.05) is 12.1 Å². The number of benzene rings is 1. The van der Waals surface area contributed by atoms with Gasteiger partial charge in [0, 0.05) is 5.75 Å². The van der Waals surface area contributed by atoms with Crippen molar-refractivity contribution in [2.75, 3.05) is 11.5 Å². The van der Waals surface area contributed by atoms with Crippen molar-refractivity contribution in [3.05, 3.63) is 29.3 Å². The molecule has 1 aromatic carbocycles. The van der Waals surface area contributed by atoms with Crippen LogP contribution in [-0.4, -0.2) is 38.9 Å². The summed E-state index contributed by atoms with van der Waals surface area (Å²) in [6.07, 6.45) is 0.721. The van der Waals surface area contributed by atoms with E-state index in [9.17, 15) is 9.59 Å². The number of aromatic nitrogens is 1. The van der Waals surface area contributed by atoms with Gasteiger partial charge in [0.2, 0.25) is 0 Å². The van der Waals surface area contributed by atoms with Crippen LogP contribution in [0.1, 0.15) is 11.4 Å². The van der Waals surface area contributed by atoms with E-state index in [0.717, 1.165) is 27.4 Å². The number of carbonyl (C=O) groups is 2. The number of amides is 3. The number of para-hydroxylation sites is 1. The monoisotopic (exact) mass is 319 g/mol. The van der Waals surface area contributed by atoms with Gasteiger partial charge in [-0.3, -0.25) is 9.69 Å². The average Bonchev–Trinajstić information content (AvgIpc) is 3.14. The lowest BCUT2D eigenvalue weighted by atomic mass is 9.99. The molecule has 1 aromatic heterocycles. The van der Waals surface area contributed by atoms with E-state index in [2.05, 4.69) is 10.3 Å². The molecule has 108 valence electrons. The summed E-state index contributed by atoms with van der Waals surface area (Å²) >= 11 is 3.24. The first-order valence-corrected chi connectivity index (χ1v) is 8.71. The van der Waals surface area contributed by atoms with Crippen LogP contribution in [0, 0.1) is 0 Å². The Morgan fingerprint density at radius 1 is 1.33 bits per heavy atom. The van der Waals surface area contributed by atoms with E-state index < -0.39 is 5.54 Å². The van der Waals surface area contributed by atoms with Crippen molar-refractivity contribution in [1.82, 2.24) is 15.2 Å². The first-order chi connectivity index (χ1) is 10.2. The van der Waals surface area contributed by atoms with Gasteiger partial charge < -0.3 is 5.32 Å². The fraction of sp³-hybridized carbons (Fsp3) is 0.357. The molecule has 3 heterocycles. The molecule has 4 rings (SSSR count). The molecule has 3 amide bonds. The first-order valence-electron chi connectivity index (χ1n) is 6.74. The van der Waals surface area contributed by atoms with Gasteiger partial charge in [0.15, 0.2) is 0 Å². The highest BCUT2D eigenvalue weighted by atomic mass is 32.2. The molecule has 0 bridgehead atoms. The number of urea groups is 1. The first kappa shape index (κ1) is 13.1. The van der Waals surface area contributed by atoms with Crippen LogP contribution in [0.25, 0.3) is 10.2 Å². The zero-order valence-electron chi connectivity index (χ0n) is 11.2. The van der Waals surface area contributed by atoms with Crippen LogP contribution in [0.5, 0.6) is 0 Å². The lowest BCUT2D eigenvalue weighted by Gasteiger charge is -2.18. The summed E-state index contributed by atoms with van der Waals surface area (Å²) in [4.78, 5) is 30.5.